The van der Waals surface area contributed by atoms with Crippen LogP contribution in [0.1, 0.15) is 17.2 Å². The largest absolute Gasteiger partial charge is 0.316 e. The number of aliphatic imine (C=N–C) groups is 1. The summed E-state index contributed by atoms with van der Waals surface area (Å²) in [6.45, 7) is 0. The second-order valence-electron chi connectivity index (χ2n) is 3.90. The number of amides is 1. The predicted octanol–water partition coefficient (Wildman–Crippen LogP) is 2.33. The maximum Gasteiger partial charge on any atom is 0.267 e. The Labute approximate surface area is 106 Å². The second-order valence-corrected chi connectivity index (χ2v) is 3.90. The van der Waals surface area contributed by atoms with Crippen LogP contribution in [0, 0.1) is 0 Å². The average molecular weight is 238 g/mol. The van der Waals surface area contributed by atoms with E-state index in [1.165, 1.54) is 6.21 Å². The number of carbonyl (C=O) groups excluding carboxylic acids is 1. The van der Waals surface area contributed by atoms with Crippen molar-refractivity contribution in [3.8, 4) is 0 Å². The van der Waals surface area contributed by atoms with E-state index in [1.54, 1.807) is 0 Å². The van der Waals surface area contributed by atoms with E-state index in [9.17, 15) is 4.79 Å². The van der Waals surface area contributed by atoms with E-state index in [0.717, 1.165) is 11.1 Å². The third-order valence-electron chi connectivity index (χ3n) is 2.57. The number of benzene rings is 2. The lowest BCUT2D eigenvalue weighted by molar-refractivity contribution is -0.119. The summed E-state index contributed by atoms with van der Waals surface area (Å²) in [6, 6.07) is 18.0. The third-order valence-corrected chi connectivity index (χ3v) is 2.57. The van der Waals surface area contributed by atoms with Crippen molar-refractivity contribution in [2.75, 3.05) is 0 Å². The molecule has 1 atom stereocenters. The van der Waals surface area contributed by atoms with Crippen molar-refractivity contribution in [2.24, 2.45) is 10.7 Å². The maximum atomic E-state index is 11.8. The number of rotatable bonds is 3. The second kappa shape index (κ2) is 5.89. The lowest BCUT2D eigenvalue weighted by Gasteiger charge is -2.06. The zero-order valence-corrected chi connectivity index (χ0v) is 9.86. The summed E-state index contributed by atoms with van der Waals surface area (Å²) in [7, 11) is 0. The molecule has 18 heavy (non-hydrogen) atoms. The summed E-state index contributed by atoms with van der Waals surface area (Å²) in [4.78, 5) is 15.7. The van der Waals surface area contributed by atoms with Gasteiger partial charge in [-0.1, -0.05) is 60.7 Å². The van der Waals surface area contributed by atoms with Crippen LogP contribution in [0.2, 0.25) is 0 Å². The highest BCUT2D eigenvalue weighted by Gasteiger charge is 2.13. The first kappa shape index (κ1) is 12.2. The Bertz CT molecular complexity index is 535. The molecule has 0 aliphatic heterocycles. The van der Waals surface area contributed by atoms with Gasteiger partial charge in [0.1, 0.15) is 6.04 Å². The Hall–Kier alpha value is -2.26. The normalized spacial score (nSPS) is 12.5. The standard InChI is InChI=1S/C15H14N2O/c16-14(13-9-5-2-6-10-13)15(18)17-11-12-7-3-1-4-8-12/h1-11,14H,16H2/t14-/m1/s1. The number of hydrogen-bond acceptors (Lipinski definition) is 2. The summed E-state index contributed by atoms with van der Waals surface area (Å²) in [5.74, 6) is -0.343. The number of nitrogens with zero attached hydrogens (tertiary/aromatic N) is 1. The van der Waals surface area contributed by atoms with Gasteiger partial charge in [-0.15, -0.1) is 0 Å². The molecule has 0 spiro atoms. The summed E-state index contributed by atoms with van der Waals surface area (Å²) in [5, 5.41) is 0. The fraction of sp³-hybridized carbons (Fsp3) is 0.0667. The van der Waals surface area contributed by atoms with Crippen LogP contribution >= 0.6 is 0 Å². The highest BCUT2D eigenvalue weighted by Crippen LogP contribution is 2.10. The number of carbonyl (C=O) groups is 1. The molecule has 0 bridgehead atoms. The van der Waals surface area contributed by atoms with Crippen LogP contribution in [0.4, 0.5) is 0 Å². The fourth-order valence-corrected chi connectivity index (χ4v) is 1.56. The molecule has 2 aromatic rings. The van der Waals surface area contributed by atoms with Crippen molar-refractivity contribution >= 4 is 12.1 Å². The zero-order valence-electron chi connectivity index (χ0n) is 9.86. The van der Waals surface area contributed by atoms with Crippen molar-refractivity contribution in [3.05, 3.63) is 71.8 Å². The Morgan fingerprint density at radius 2 is 1.56 bits per heavy atom. The van der Waals surface area contributed by atoms with Crippen molar-refractivity contribution in [1.29, 1.82) is 0 Å². The van der Waals surface area contributed by atoms with Gasteiger partial charge in [0, 0.05) is 6.21 Å². The molecule has 2 N–H and O–H groups in total. The molecule has 0 aliphatic carbocycles. The van der Waals surface area contributed by atoms with Crippen molar-refractivity contribution < 1.29 is 4.79 Å². The van der Waals surface area contributed by atoms with Crippen molar-refractivity contribution in [3.63, 3.8) is 0 Å². The topological polar surface area (TPSA) is 55.5 Å². The Morgan fingerprint density at radius 1 is 1.00 bits per heavy atom. The van der Waals surface area contributed by atoms with Gasteiger partial charge in [0.05, 0.1) is 0 Å². The van der Waals surface area contributed by atoms with Crippen molar-refractivity contribution in [1.82, 2.24) is 0 Å². The van der Waals surface area contributed by atoms with Crippen LogP contribution in [0.25, 0.3) is 0 Å². The zero-order chi connectivity index (χ0) is 12.8. The van der Waals surface area contributed by atoms with Gasteiger partial charge < -0.3 is 5.73 Å². The van der Waals surface area contributed by atoms with Gasteiger partial charge in [0.2, 0.25) is 0 Å². The molecule has 0 aromatic heterocycles. The van der Waals surface area contributed by atoms with Crippen LogP contribution in [-0.4, -0.2) is 12.1 Å². The SMILES string of the molecule is N[C@@H](C(=O)N=Cc1ccccc1)c1ccccc1. The maximum absolute atomic E-state index is 11.8. The van der Waals surface area contributed by atoms with Gasteiger partial charge in [-0.05, 0) is 11.1 Å². The van der Waals surface area contributed by atoms with Gasteiger partial charge in [0.25, 0.3) is 5.91 Å². The Balaban J connectivity index is 2.07. The highest BCUT2D eigenvalue weighted by molar-refractivity contribution is 5.94. The minimum Gasteiger partial charge on any atom is -0.316 e. The van der Waals surface area contributed by atoms with E-state index >= 15 is 0 Å². The molecule has 2 aromatic carbocycles. The van der Waals surface area contributed by atoms with E-state index in [2.05, 4.69) is 4.99 Å². The van der Waals surface area contributed by atoms with Gasteiger partial charge in [-0.3, -0.25) is 4.79 Å². The molecule has 2 rings (SSSR count). The van der Waals surface area contributed by atoms with E-state index in [-0.39, 0.29) is 5.91 Å². The highest BCUT2D eigenvalue weighted by atomic mass is 16.1. The van der Waals surface area contributed by atoms with Gasteiger partial charge in [-0.25, -0.2) is 4.99 Å². The van der Waals surface area contributed by atoms with Gasteiger partial charge >= 0.3 is 0 Å². The first-order valence-electron chi connectivity index (χ1n) is 5.71. The molecule has 0 unspecified atom stereocenters. The van der Waals surface area contributed by atoms with E-state index in [1.807, 2.05) is 60.7 Å². The minimum absolute atomic E-state index is 0.343. The average Bonchev–Trinajstić information content (AvgIpc) is 2.46. The van der Waals surface area contributed by atoms with Gasteiger partial charge in [0.15, 0.2) is 0 Å². The summed E-state index contributed by atoms with van der Waals surface area (Å²) >= 11 is 0. The summed E-state index contributed by atoms with van der Waals surface area (Å²) in [5.41, 5.74) is 7.49. The first-order valence-corrected chi connectivity index (χ1v) is 5.71. The molecular formula is C15H14N2O. The molecule has 0 radical (unpaired) electrons. The van der Waals surface area contributed by atoms with E-state index in [4.69, 9.17) is 5.73 Å². The van der Waals surface area contributed by atoms with Crippen LogP contribution in [0.5, 0.6) is 0 Å². The van der Waals surface area contributed by atoms with Gasteiger partial charge in [-0.2, -0.15) is 0 Å². The molecule has 3 nitrogen and oxygen atoms in total. The molecular weight excluding hydrogens is 224 g/mol. The smallest absolute Gasteiger partial charge is 0.267 e. The third kappa shape index (κ3) is 3.12. The number of hydrogen-bond donors (Lipinski definition) is 1. The van der Waals surface area contributed by atoms with Crippen LogP contribution in [-0.2, 0) is 4.79 Å². The van der Waals surface area contributed by atoms with Crippen molar-refractivity contribution in [2.45, 2.75) is 6.04 Å². The molecule has 0 fully saturated rings. The monoisotopic (exact) mass is 238 g/mol. The molecule has 1 amide bonds. The van der Waals surface area contributed by atoms with Crippen LogP contribution < -0.4 is 5.73 Å². The van der Waals surface area contributed by atoms with E-state index in [0.29, 0.717) is 0 Å². The molecule has 90 valence electrons. The molecule has 0 aliphatic rings. The molecule has 0 saturated carbocycles. The lowest BCUT2D eigenvalue weighted by Crippen LogP contribution is -2.19. The first-order chi connectivity index (χ1) is 8.77. The van der Waals surface area contributed by atoms with Crippen LogP contribution in [0.3, 0.4) is 0 Å². The summed E-state index contributed by atoms with van der Waals surface area (Å²) in [6.07, 6.45) is 1.53. The quantitative estimate of drug-likeness (QED) is 0.834. The van der Waals surface area contributed by atoms with Crippen LogP contribution in [0.15, 0.2) is 65.7 Å². The lowest BCUT2D eigenvalue weighted by atomic mass is 10.1. The number of nitrogens with two attached hydrogens (primary N) is 1. The fourth-order valence-electron chi connectivity index (χ4n) is 1.56. The van der Waals surface area contributed by atoms with E-state index < -0.39 is 6.04 Å². The molecule has 0 saturated heterocycles. The Kier molecular flexibility index (Phi) is 3.99. The Morgan fingerprint density at radius 3 is 2.17 bits per heavy atom. The molecule has 3 heteroatoms. The summed E-state index contributed by atoms with van der Waals surface area (Å²) < 4.78 is 0. The minimum atomic E-state index is -0.703. The molecule has 0 heterocycles. The predicted molar refractivity (Wildman–Crippen MR) is 72.4 cm³/mol.